The Kier molecular flexibility index (Phi) is 5.05. The Labute approximate surface area is 111 Å². The van der Waals surface area contributed by atoms with E-state index >= 15 is 0 Å². The van der Waals surface area contributed by atoms with Gasteiger partial charge in [0.15, 0.2) is 5.78 Å². The summed E-state index contributed by atoms with van der Waals surface area (Å²) < 4.78 is 0. The van der Waals surface area contributed by atoms with Crippen LogP contribution in [0.15, 0.2) is 17.5 Å². The fourth-order valence-corrected chi connectivity index (χ4v) is 2.10. The van der Waals surface area contributed by atoms with Crippen molar-refractivity contribution in [2.24, 2.45) is 0 Å². The zero-order chi connectivity index (χ0) is 13.6. The number of Topliss-reactive ketones (excluding diaryl/α,β-unsaturated/α-hetero) is 1. The molecule has 0 aliphatic carbocycles. The van der Waals surface area contributed by atoms with E-state index in [4.69, 9.17) is 5.26 Å². The van der Waals surface area contributed by atoms with Crippen molar-refractivity contribution < 1.29 is 9.59 Å². The normalized spacial score (nSPS) is 10.7. The van der Waals surface area contributed by atoms with Crippen molar-refractivity contribution in [2.45, 2.75) is 38.6 Å². The third kappa shape index (κ3) is 4.68. The minimum atomic E-state index is -0.852. The number of ketones is 1. The molecule has 1 N–H and O–H groups in total. The predicted octanol–water partition coefficient (Wildman–Crippen LogP) is 2.52. The van der Waals surface area contributed by atoms with Gasteiger partial charge >= 0.3 is 0 Å². The summed E-state index contributed by atoms with van der Waals surface area (Å²) in [4.78, 5) is 23.9. The Morgan fingerprint density at radius 3 is 2.72 bits per heavy atom. The van der Waals surface area contributed by atoms with Crippen LogP contribution in [-0.4, -0.2) is 17.2 Å². The Balaban J connectivity index is 2.29. The quantitative estimate of drug-likeness (QED) is 0.803. The first-order chi connectivity index (χ1) is 8.44. The van der Waals surface area contributed by atoms with Crippen LogP contribution < -0.4 is 5.32 Å². The number of rotatable bonds is 6. The lowest BCUT2D eigenvalue weighted by molar-refractivity contribution is -0.122. The molecule has 5 heteroatoms. The minimum absolute atomic E-state index is 0.0670. The summed E-state index contributed by atoms with van der Waals surface area (Å²) in [5.41, 5.74) is -0.852. The fourth-order valence-electron chi connectivity index (χ4n) is 1.41. The smallest absolute Gasteiger partial charge is 0.221 e. The molecule has 1 rings (SSSR count). The second-order valence-corrected chi connectivity index (χ2v) is 5.49. The minimum Gasteiger partial charge on any atom is -0.338 e. The van der Waals surface area contributed by atoms with Crippen LogP contribution in [-0.2, 0) is 4.79 Å². The number of nitrogens with one attached hydrogen (secondary N) is 1. The molecule has 1 amide bonds. The van der Waals surface area contributed by atoms with E-state index in [-0.39, 0.29) is 18.1 Å². The van der Waals surface area contributed by atoms with Gasteiger partial charge in [-0.1, -0.05) is 6.07 Å². The van der Waals surface area contributed by atoms with Gasteiger partial charge in [-0.3, -0.25) is 9.59 Å². The fraction of sp³-hybridized carbons (Fsp3) is 0.462. The van der Waals surface area contributed by atoms with Gasteiger partial charge in [0.1, 0.15) is 5.54 Å². The number of thiophene rings is 1. The largest absolute Gasteiger partial charge is 0.338 e. The molecule has 1 heterocycles. The van der Waals surface area contributed by atoms with Gasteiger partial charge in [-0.05, 0) is 31.7 Å². The van der Waals surface area contributed by atoms with E-state index in [9.17, 15) is 9.59 Å². The Hall–Kier alpha value is -1.67. The van der Waals surface area contributed by atoms with E-state index in [0.717, 1.165) is 4.88 Å². The monoisotopic (exact) mass is 264 g/mol. The van der Waals surface area contributed by atoms with Gasteiger partial charge in [0.2, 0.25) is 5.91 Å². The second kappa shape index (κ2) is 6.31. The topological polar surface area (TPSA) is 70.0 Å². The van der Waals surface area contributed by atoms with Crippen molar-refractivity contribution in [3.63, 3.8) is 0 Å². The maximum atomic E-state index is 11.7. The lowest BCUT2D eigenvalue weighted by Crippen LogP contribution is -2.41. The van der Waals surface area contributed by atoms with Crippen molar-refractivity contribution in [3.05, 3.63) is 22.4 Å². The number of amides is 1. The first kappa shape index (κ1) is 14.4. The van der Waals surface area contributed by atoms with Gasteiger partial charge in [-0.15, -0.1) is 11.3 Å². The van der Waals surface area contributed by atoms with Crippen molar-refractivity contribution in [2.75, 3.05) is 0 Å². The zero-order valence-corrected chi connectivity index (χ0v) is 11.3. The summed E-state index contributed by atoms with van der Waals surface area (Å²) >= 11 is 1.41. The highest BCUT2D eigenvalue weighted by Crippen LogP contribution is 2.13. The van der Waals surface area contributed by atoms with E-state index in [1.165, 1.54) is 11.3 Å². The average Bonchev–Trinajstić information content (AvgIpc) is 2.81. The predicted molar refractivity (Wildman–Crippen MR) is 70.3 cm³/mol. The molecule has 1 aromatic rings. The maximum Gasteiger partial charge on any atom is 0.221 e. The Morgan fingerprint density at radius 1 is 1.44 bits per heavy atom. The maximum absolute atomic E-state index is 11.7. The van der Waals surface area contributed by atoms with Crippen LogP contribution in [0, 0.1) is 11.3 Å². The number of nitrogens with zero attached hydrogens (tertiary/aromatic N) is 1. The van der Waals surface area contributed by atoms with Crippen LogP contribution >= 0.6 is 11.3 Å². The summed E-state index contributed by atoms with van der Waals surface area (Å²) in [5.74, 6) is -0.127. The molecule has 0 spiro atoms. The van der Waals surface area contributed by atoms with Gasteiger partial charge in [0.25, 0.3) is 0 Å². The summed E-state index contributed by atoms with van der Waals surface area (Å²) in [5, 5.41) is 13.2. The van der Waals surface area contributed by atoms with Crippen LogP contribution in [0.25, 0.3) is 0 Å². The Morgan fingerprint density at radius 2 is 2.17 bits per heavy atom. The molecule has 0 aliphatic rings. The third-order valence-corrected chi connectivity index (χ3v) is 3.25. The number of carbonyl (C=O) groups is 2. The van der Waals surface area contributed by atoms with Gasteiger partial charge in [-0.25, -0.2) is 0 Å². The van der Waals surface area contributed by atoms with E-state index in [1.54, 1.807) is 19.9 Å². The molecule has 0 unspecified atom stereocenters. The molecule has 0 saturated carbocycles. The summed E-state index contributed by atoms with van der Waals surface area (Å²) in [6, 6.07) is 5.61. The van der Waals surface area contributed by atoms with E-state index in [1.807, 2.05) is 17.5 Å². The molecule has 0 aromatic carbocycles. The van der Waals surface area contributed by atoms with Crippen molar-refractivity contribution in [3.8, 4) is 6.07 Å². The molecule has 0 radical (unpaired) electrons. The van der Waals surface area contributed by atoms with Gasteiger partial charge in [0, 0.05) is 12.8 Å². The van der Waals surface area contributed by atoms with Crippen molar-refractivity contribution in [1.82, 2.24) is 5.32 Å². The van der Waals surface area contributed by atoms with Gasteiger partial charge in [0.05, 0.1) is 10.9 Å². The van der Waals surface area contributed by atoms with Crippen LogP contribution in [0.4, 0.5) is 0 Å². The number of hydrogen-bond acceptors (Lipinski definition) is 4. The highest BCUT2D eigenvalue weighted by Gasteiger charge is 2.19. The third-order valence-electron chi connectivity index (χ3n) is 2.34. The van der Waals surface area contributed by atoms with Crippen LogP contribution in [0.2, 0.25) is 0 Å². The van der Waals surface area contributed by atoms with Crippen LogP contribution in [0.5, 0.6) is 0 Å². The molecule has 1 aromatic heterocycles. The molecule has 96 valence electrons. The van der Waals surface area contributed by atoms with Crippen LogP contribution in [0.3, 0.4) is 0 Å². The average molecular weight is 264 g/mol. The first-order valence-electron chi connectivity index (χ1n) is 5.73. The van der Waals surface area contributed by atoms with Crippen LogP contribution in [0.1, 0.15) is 42.8 Å². The summed E-state index contributed by atoms with van der Waals surface area (Å²) in [6.45, 7) is 3.28. The number of hydrogen-bond donors (Lipinski definition) is 1. The van der Waals surface area contributed by atoms with Gasteiger partial charge in [-0.2, -0.15) is 5.26 Å². The standard InChI is InChI=1S/C13H16N2O2S/c1-13(2,9-14)15-12(17)7-3-5-10(16)11-6-4-8-18-11/h4,6,8H,3,5,7H2,1-2H3,(H,15,17). The first-order valence-corrected chi connectivity index (χ1v) is 6.61. The molecular formula is C13H16N2O2S. The highest BCUT2D eigenvalue weighted by molar-refractivity contribution is 7.12. The van der Waals surface area contributed by atoms with E-state index in [2.05, 4.69) is 5.32 Å². The molecular weight excluding hydrogens is 248 g/mol. The molecule has 0 aliphatic heterocycles. The molecule has 0 atom stereocenters. The lowest BCUT2D eigenvalue weighted by Gasteiger charge is -2.17. The molecule has 4 nitrogen and oxygen atoms in total. The summed E-state index contributed by atoms with van der Waals surface area (Å²) in [6.07, 6.45) is 1.13. The number of carbonyl (C=O) groups excluding carboxylic acids is 2. The Bertz CT molecular complexity index is 458. The van der Waals surface area contributed by atoms with Crippen molar-refractivity contribution >= 4 is 23.0 Å². The summed E-state index contributed by atoms with van der Waals surface area (Å²) in [7, 11) is 0. The number of nitriles is 1. The lowest BCUT2D eigenvalue weighted by atomic mass is 10.1. The van der Waals surface area contributed by atoms with E-state index in [0.29, 0.717) is 12.8 Å². The molecule has 0 fully saturated rings. The highest BCUT2D eigenvalue weighted by atomic mass is 32.1. The molecule has 18 heavy (non-hydrogen) atoms. The van der Waals surface area contributed by atoms with E-state index < -0.39 is 5.54 Å². The zero-order valence-electron chi connectivity index (χ0n) is 10.5. The second-order valence-electron chi connectivity index (χ2n) is 4.54. The van der Waals surface area contributed by atoms with Gasteiger partial charge < -0.3 is 5.32 Å². The molecule has 0 bridgehead atoms. The SMILES string of the molecule is CC(C)(C#N)NC(=O)CCCC(=O)c1cccs1. The molecule has 0 saturated heterocycles. The van der Waals surface area contributed by atoms with Crippen molar-refractivity contribution in [1.29, 1.82) is 5.26 Å².